The zero-order valence-corrected chi connectivity index (χ0v) is 10.9. The van der Waals surface area contributed by atoms with Gasteiger partial charge in [0.2, 0.25) is 0 Å². The van der Waals surface area contributed by atoms with Crippen LogP contribution in [0.25, 0.3) is 0 Å². The molecule has 0 atom stereocenters. The van der Waals surface area contributed by atoms with Crippen molar-refractivity contribution in [3.63, 3.8) is 0 Å². The number of hydrogen-bond acceptors (Lipinski definition) is 4. The summed E-state index contributed by atoms with van der Waals surface area (Å²) < 4.78 is 26.8. The molecule has 4 N–H and O–H groups in total. The average molecular weight is 317 g/mol. The van der Waals surface area contributed by atoms with Gasteiger partial charge in [-0.05, 0) is 34.1 Å². The number of sulfonamides is 1. The smallest absolute Gasteiger partial charge is 0.265 e. The van der Waals surface area contributed by atoms with Crippen molar-refractivity contribution in [2.24, 2.45) is 0 Å². The Balaban J connectivity index is 2.30. The Hall–Kier alpha value is -1.54. The molecule has 90 valence electrons. The molecule has 1 aromatic carbocycles. The molecule has 0 saturated carbocycles. The van der Waals surface area contributed by atoms with E-state index in [0.717, 1.165) is 0 Å². The molecule has 0 fully saturated rings. The largest absolute Gasteiger partial charge is 0.398 e. The zero-order chi connectivity index (χ0) is 12.5. The summed E-state index contributed by atoms with van der Waals surface area (Å²) in [5, 5.41) is 6.03. The standard InChI is InChI=1S/C9H9BrN4O2S/c10-8-2-1-6(3-9(8)11)14-17(15,16)7-4-12-13-5-7/h1-5,14H,11H2,(H,12,13). The van der Waals surface area contributed by atoms with Crippen molar-refractivity contribution in [2.75, 3.05) is 10.5 Å². The van der Waals surface area contributed by atoms with Gasteiger partial charge in [0.15, 0.2) is 0 Å². The fourth-order valence-electron chi connectivity index (χ4n) is 1.21. The third-order valence-corrected chi connectivity index (χ3v) is 4.10. The van der Waals surface area contributed by atoms with Crippen molar-refractivity contribution in [1.82, 2.24) is 10.2 Å². The van der Waals surface area contributed by atoms with Gasteiger partial charge >= 0.3 is 0 Å². The summed E-state index contributed by atoms with van der Waals surface area (Å²) in [5.74, 6) is 0. The molecule has 2 aromatic rings. The van der Waals surface area contributed by atoms with Gasteiger partial charge in [-0.15, -0.1) is 0 Å². The van der Waals surface area contributed by atoms with Crippen LogP contribution >= 0.6 is 15.9 Å². The van der Waals surface area contributed by atoms with Gasteiger partial charge in [-0.25, -0.2) is 8.42 Å². The fraction of sp³-hybridized carbons (Fsp3) is 0. The molecule has 0 spiro atoms. The van der Waals surface area contributed by atoms with E-state index >= 15 is 0 Å². The maximum Gasteiger partial charge on any atom is 0.265 e. The van der Waals surface area contributed by atoms with E-state index in [1.165, 1.54) is 18.5 Å². The lowest BCUT2D eigenvalue weighted by Crippen LogP contribution is -2.12. The van der Waals surface area contributed by atoms with E-state index in [1.807, 2.05) is 0 Å². The first-order valence-electron chi connectivity index (χ1n) is 4.56. The third kappa shape index (κ3) is 2.59. The van der Waals surface area contributed by atoms with Crippen molar-refractivity contribution in [1.29, 1.82) is 0 Å². The first-order valence-corrected chi connectivity index (χ1v) is 6.83. The second-order valence-electron chi connectivity index (χ2n) is 3.28. The molecule has 2 rings (SSSR count). The summed E-state index contributed by atoms with van der Waals surface area (Å²) in [6.07, 6.45) is 2.52. The Morgan fingerprint density at radius 3 is 2.76 bits per heavy atom. The zero-order valence-electron chi connectivity index (χ0n) is 8.51. The highest BCUT2D eigenvalue weighted by molar-refractivity contribution is 9.10. The normalized spacial score (nSPS) is 11.4. The molecule has 0 unspecified atom stereocenters. The number of halogens is 1. The third-order valence-electron chi connectivity index (χ3n) is 2.03. The van der Waals surface area contributed by atoms with Crippen molar-refractivity contribution in [3.05, 3.63) is 35.1 Å². The van der Waals surface area contributed by atoms with E-state index in [2.05, 4.69) is 30.8 Å². The molecule has 0 saturated heterocycles. The molecule has 1 aromatic heterocycles. The number of nitrogens with two attached hydrogens (primary N) is 1. The number of nitrogens with one attached hydrogen (secondary N) is 2. The summed E-state index contributed by atoms with van der Waals surface area (Å²) in [7, 11) is -3.61. The number of benzene rings is 1. The maximum atomic E-state index is 11.8. The fourth-order valence-corrected chi connectivity index (χ4v) is 2.41. The second kappa shape index (κ2) is 4.38. The van der Waals surface area contributed by atoms with Gasteiger partial charge in [-0.2, -0.15) is 5.10 Å². The molecule has 0 bridgehead atoms. The lowest BCUT2D eigenvalue weighted by Gasteiger charge is -2.07. The summed E-state index contributed by atoms with van der Waals surface area (Å²) >= 11 is 3.23. The lowest BCUT2D eigenvalue weighted by molar-refractivity contribution is 0.601. The van der Waals surface area contributed by atoms with Gasteiger partial charge in [0.05, 0.1) is 11.9 Å². The summed E-state index contributed by atoms with van der Waals surface area (Å²) in [4.78, 5) is 0.0685. The Bertz CT molecular complexity index is 624. The first kappa shape index (κ1) is 11.9. The van der Waals surface area contributed by atoms with Gasteiger partial charge in [0.25, 0.3) is 10.0 Å². The van der Waals surface area contributed by atoms with E-state index < -0.39 is 10.0 Å². The van der Waals surface area contributed by atoms with Gasteiger partial charge in [-0.1, -0.05) is 0 Å². The van der Waals surface area contributed by atoms with Gasteiger partial charge in [0.1, 0.15) is 4.90 Å². The number of nitrogen functional groups attached to an aromatic ring is 1. The predicted molar refractivity (Wildman–Crippen MR) is 68.0 cm³/mol. The van der Waals surface area contributed by atoms with Crippen LogP contribution in [0.4, 0.5) is 11.4 Å². The molecule has 1 heterocycles. The SMILES string of the molecule is Nc1cc(NS(=O)(=O)c2cn[nH]c2)ccc1Br. The van der Waals surface area contributed by atoms with Crippen LogP contribution in [0, 0.1) is 0 Å². The maximum absolute atomic E-state index is 11.8. The lowest BCUT2D eigenvalue weighted by atomic mass is 10.3. The number of hydrogen-bond donors (Lipinski definition) is 3. The minimum absolute atomic E-state index is 0.0685. The Labute approximate surface area is 106 Å². The van der Waals surface area contributed by atoms with Crippen LogP contribution in [0.15, 0.2) is 40.0 Å². The molecule has 6 nitrogen and oxygen atoms in total. The van der Waals surface area contributed by atoms with E-state index in [0.29, 0.717) is 15.8 Å². The summed E-state index contributed by atoms with van der Waals surface area (Å²) in [6.45, 7) is 0. The second-order valence-corrected chi connectivity index (χ2v) is 5.81. The Kier molecular flexibility index (Phi) is 3.07. The highest BCUT2D eigenvalue weighted by Gasteiger charge is 2.15. The topological polar surface area (TPSA) is 101 Å². The van der Waals surface area contributed by atoms with E-state index in [4.69, 9.17) is 5.73 Å². The number of anilines is 2. The molecule has 0 aliphatic carbocycles. The van der Waals surface area contributed by atoms with E-state index in [1.54, 1.807) is 12.1 Å². The minimum atomic E-state index is -3.61. The predicted octanol–water partition coefficient (Wildman–Crippen LogP) is 1.56. The number of rotatable bonds is 3. The molecular weight excluding hydrogens is 308 g/mol. The van der Waals surface area contributed by atoms with Crippen LogP contribution in [-0.4, -0.2) is 18.6 Å². The average Bonchev–Trinajstić information content (AvgIpc) is 2.77. The molecule has 17 heavy (non-hydrogen) atoms. The van der Waals surface area contributed by atoms with E-state index in [-0.39, 0.29) is 4.90 Å². The molecule has 0 aliphatic rings. The number of aromatic amines is 1. The quantitative estimate of drug-likeness (QED) is 0.748. The molecule has 8 heteroatoms. The van der Waals surface area contributed by atoms with Crippen LogP contribution < -0.4 is 10.5 Å². The molecular formula is C9H9BrN4O2S. The first-order chi connectivity index (χ1) is 7.99. The molecule has 0 radical (unpaired) electrons. The summed E-state index contributed by atoms with van der Waals surface area (Å²) in [5.41, 5.74) is 6.51. The van der Waals surface area contributed by atoms with Crippen LogP contribution in [0.3, 0.4) is 0 Å². The van der Waals surface area contributed by atoms with Crippen molar-refractivity contribution in [3.8, 4) is 0 Å². The molecule has 0 aliphatic heterocycles. The van der Waals surface area contributed by atoms with Crippen LogP contribution in [0.1, 0.15) is 0 Å². The van der Waals surface area contributed by atoms with Crippen molar-refractivity contribution in [2.45, 2.75) is 4.90 Å². The number of H-pyrrole nitrogens is 1. The highest BCUT2D eigenvalue weighted by Crippen LogP contribution is 2.24. The minimum Gasteiger partial charge on any atom is -0.398 e. The van der Waals surface area contributed by atoms with Crippen LogP contribution in [0.5, 0.6) is 0 Å². The number of aromatic nitrogens is 2. The number of nitrogens with zero attached hydrogens (tertiary/aromatic N) is 1. The van der Waals surface area contributed by atoms with Gasteiger partial charge in [0, 0.05) is 16.4 Å². The van der Waals surface area contributed by atoms with E-state index in [9.17, 15) is 8.42 Å². The monoisotopic (exact) mass is 316 g/mol. The van der Waals surface area contributed by atoms with Gasteiger partial charge in [-0.3, -0.25) is 9.82 Å². The van der Waals surface area contributed by atoms with Crippen LogP contribution in [0.2, 0.25) is 0 Å². The Morgan fingerprint density at radius 2 is 2.18 bits per heavy atom. The molecule has 0 amide bonds. The van der Waals surface area contributed by atoms with Gasteiger partial charge < -0.3 is 5.73 Å². The van der Waals surface area contributed by atoms with Crippen molar-refractivity contribution < 1.29 is 8.42 Å². The van der Waals surface area contributed by atoms with Crippen molar-refractivity contribution >= 4 is 37.3 Å². The highest BCUT2D eigenvalue weighted by atomic mass is 79.9. The summed E-state index contributed by atoms with van der Waals surface area (Å²) in [6, 6.07) is 4.81. The van der Waals surface area contributed by atoms with Crippen LogP contribution in [-0.2, 0) is 10.0 Å². The Morgan fingerprint density at radius 1 is 1.41 bits per heavy atom.